The number of likely N-dealkylation sites (tertiary alicyclic amines) is 1. The Morgan fingerprint density at radius 2 is 1.94 bits per heavy atom. The minimum atomic E-state index is -0.245. The van der Waals surface area contributed by atoms with Gasteiger partial charge in [-0.05, 0) is 25.2 Å². The van der Waals surface area contributed by atoms with Gasteiger partial charge >= 0.3 is 0 Å². The van der Waals surface area contributed by atoms with Crippen molar-refractivity contribution in [2.24, 2.45) is 23.3 Å². The van der Waals surface area contributed by atoms with Crippen LogP contribution >= 0.6 is 0 Å². The Morgan fingerprint density at radius 3 is 2.39 bits per heavy atom. The molecule has 18 heavy (non-hydrogen) atoms. The van der Waals surface area contributed by atoms with Gasteiger partial charge in [0, 0.05) is 26.1 Å². The van der Waals surface area contributed by atoms with Crippen molar-refractivity contribution < 1.29 is 9.59 Å². The molecule has 0 aromatic carbocycles. The largest absolute Gasteiger partial charge is 0.370 e. The molecule has 1 atom stereocenters. The first-order chi connectivity index (χ1) is 8.58. The lowest BCUT2D eigenvalue weighted by molar-refractivity contribution is -0.137. The number of rotatable bonds is 6. The monoisotopic (exact) mass is 255 g/mol. The second kappa shape index (κ2) is 7.36. The number of nitrogens with two attached hydrogens (primary N) is 2. The van der Waals surface area contributed by atoms with E-state index in [1.807, 2.05) is 4.90 Å². The fraction of sp³-hybridized carbons (Fsp3) is 0.846. The third kappa shape index (κ3) is 4.29. The van der Waals surface area contributed by atoms with E-state index in [1.54, 1.807) is 0 Å². The van der Waals surface area contributed by atoms with Gasteiger partial charge < -0.3 is 16.4 Å². The Hall–Kier alpha value is -1.10. The highest BCUT2D eigenvalue weighted by Crippen LogP contribution is 2.22. The maximum Gasteiger partial charge on any atom is 0.226 e. The van der Waals surface area contributed by atoms with E-state index in [1.165, 1.54) is 0 Å². The molecule has 1 aliphatic rings. The molecule has 2 amide bonds. The molecule has 4 N–H and O–H groups in total. The summed E-state index contributed by atoms with van der Waals surface area (Å²) in [5, 5.41) is 0. The number of hydrogen-bond acceptors (Lipinski definition) is 3. The predicted molar refractivity (Wildman–Crippen MR) is 70.6 cm³/mol. The van der Waals surface area contributed by atoms with E-state index in [0.717, 1.165) is 38.8 Å². The summed E-state index contributed by atoms with van der Waals surface area (Å²) in [5.74, 6) is 0.235. The van der Waals surface area contributed by atoms with Crippen LogP contribution < -0.4 is 11.5 Å². The zero-order valence-electron chi connectivity index (χ0n) is 11.2. The highest BCUT2D eigenvalue weighted by Gasteiger charge is 2.27. The highest BCUT2D eigenvalue weighted by atomic mass is 16.2. The molecule has 5 heteroatoms. The van der Waals surface area contributed by atoms with Gasteiger partial charge in [-0.1, -0.05) is 13.3 Å². The van der Waals surface area contributed by atoms with Crippen molar-refractivity contribution >= 4 is 11.8 Å². The van der Waals surface area contributed by atoms with Gasteiger partial charge in [0.25, 0.3) is 0 Å². The number of primary amides is 1. The molecule has 1 heterocycles. The summed E-state index contributed by atoms with van der Waals surface area (Å²) < 4.78 is 0. The van der Waals surface area contributed by atoms with Crippen LogP contribution in [0.1, 0.15) is 39.0 Å². The van der Waals surface area contributed by atoms with E-state index in [0.29, 0.717) is 18.9 Å². The molecule has 1 rings (SSSR count). The molecule has 1 saturated heterocycles. The van der Waals surface area contributed by atoms with Gasteiger partial charge in [-0.3, -0.25) is 9.59 Å². The number of carbonyl (C=O) groups excluding carboxylic acids is 2. The van der Waals surface area contributed by atoms with Crippen molar-refractivity contribution in [3.63, 3.8) is 0 Å². The first-order valence-corrected chi connectivity index (χ1v) is 6.85. The van der Waals surface area contributed by atoms with E-state index >= 15 is 0 Å². The quantitative estimate of drug-likeness (QED) is 0.723. The zero-order valence-corrected chi connectivity index (χ0v) is 11.2. The molecule has 0 aromatic rings. The maximum absolute atomic E-state index is 12.2. The minimum Gasteiger partial charge on any atom is -0.370 e. The highest BCUT2D eigenvalue weighted by molar-refractivity contribution is 5.79. The molecule has 0 aliphatic carbocycles. The number of piperidine rings is 1. The topological polar surface area (TPSA) is 89.4 Å². The van der Waals surface area contributed by atoms with Crippen molar-refractivity contribution in [2.45, 2.75) is 39.0 Å². The van der Waals surface area contributed by atoms with Crippen LogP contribution in [0.5, 0.6) is 0 Å². The van der Waals surface area contributed by atoms with Gasteiger partial charge in [0.1, 0.15) is 0 Å². The number of hydrogen-bond donors (Lipinski definition) is 2. The lowest BCUT2D eigenvalue weighted by atomic mass is 9.92. The Labute approximate surface area is 109 Å². The summed E-state index contributed by atoms with van der Waals surface area (Å²) >= 11 is 0. The summed E-state index contributed by atoms with van der Waals surface area (Å²) in [7, 11) is 0. The molecule has 104 valence electrons. The van der Waals surface area contributed by atoms with Crippen LogP contribution in [-0.2, 0) is 9.59 Å². The van der Waals surface area contributed by atoms with Crippen LogP contribution in [0.3, 0.4) is 0 Å². The summed E-state index contributed by atoms with van der Waals surface area (Å²) in [6.07, 6.45) is 4.02. The van der Waals surface area contributed by atoms with Gasteiger partial charge in [0.05, 0.1) is 5.92 Å². The molecule has 1 unspecified atom stereocenters. The van der Waals surface area contributed by atoms with E-state index in [2.05, 4.69) is 6.92 Å². The Bertz CT molecular complexity index is 286. The molecule has 1 fully saturated rings. The lowest BCUT2D eigenvalue weighted by Gasteiger charge is -2.33. The fourth-order valence-corrected chi connectivity index (χ4v) is 2.59. The molecule has 0 saturated carbocycles. The molecule has 5 nitrogen and oxygen atoms in total. The second-order valence-corrected chi connectivity index (χ2v) is 5.16. The summed E-state index contributed by atoms with van der Waals surface area (Å²) in [6, 6.07) is 0. The predicted octanol–water partition coefficient (Wildman–Crippen LogP) is 0.475. The lowest BCUT2D eigenvalue weighted by Crippen LogP contribution is -2.44. The maximum atomic E-state index is 12.2. The zero-order chi connectivity index (χ0) is 13.5. The van der Waals surface area contributed by atoms with Crippen molar-refractivity contribution in [1.29, 1.82) is 0 Å². The van der Waals surface area contributed by atoms with Crippen LogP contribution in [0, 0.1) is 11.8 Å². The number of amides is 2. The van der Waals surface area contributed by atoms with E-state index in [4.69, 9.17) is 11.5 Å². The van der Waals surface area contributed by atoms with Gasteiger partial charge in [-0.15, -0.1) is 0 Å². The third-order valence-electron chi connectivity index (χ3n) is 3.69. The molecule has 0 bridgehead atoms. The first kappa shape index (κ1) is 15.0. The molecule has 0 radical (unpaired) electrons. The van der Waals surface area contributed by atoms with Crippen molar-refractivity contribution in [2.75, 3.05) is 19.6 Å². The average molecular weight is 255 g/mol. The van der Waals surface area contributed by atoms with E-state index in [9.17, 15) is 9.59 Å². The van der Waals surface area contributed by atoms with Crippen LogP contribution in [0.15, 0.2) is 0 Å². The normalized spacial score (nSPS) is 18.7. The van der Waals surface area contributed by atoms with Crippen molar-refractivity contribution in [1.82, 2.24) is 4.90 Å². The van der Waals surface area contributed by atoms with E-state index in [-0.39, 0.29) is 17.7 Å². The smallest absolute Gasteiger partial charge is 0.226 e. The molecule has 1 aliphatic heterocycles. The van der Waals surface area contributed by atoms with Gasteiger partial charge in [-0.25, -0.2) is 0 Å². The summed E-state index contributed by atoms with van der Waals surface area (Å²) in [6.45, 7) is 3.96. The van der Waals surface area contributed by atoms with Crippen molar-refractivity contribution in [3.05, 3.63) is 0 Å². The average Bonchev–Trinajstić information content (AvgIpc) is 2.35. The van der Waals surface area contributed by atoms with Crippen LogP contribution in [-0.4, -0.2) is 36.3 Å². The third-order valence-corrected chi connectivity index (χ3v) is 3.69. The van der Waals surface area contributed by atoms with Gasteiger partial charge in [-0.2, -0.15) is 0 Å². The second-order valence-electron chi connectivity index (χ2n) is 5.16. The molecular formula is C13H25N3O2. The van der Waals surface area contributed by atoms with Gasteiger partial charge in [0.2, 0.25) is 11.8 Å². The molecule has 0 spiro atoms. The summed E-state index contributed by atoms with van der Waals surface area (Å²) in [4.78, 5) is 24.9. The Morgan fingerprint density at radius 1 is 1.33 bits per heavy atom. The number of nitrogens with zero attached hydrogens (tertiary/aromatic N) is 1. The Kier molecular flexibility index (Phi) is 6.12. The van der Waals surface area contributed by atoms with E-state index < -0.39 is 0 Å². The SMILES string of the molecule is CCCC(CN)C(=O)N1CCC(CC(N)=O)CC1. The van der Waals surface area contributed by atoms with Gasteiger partial charge in [0.15, 0.2) is 0 Å². The molecular weight excluding hydrogens is 230 g/mol. The minimum absolute atomic E-state index is 0.0392. The van der Waals surface area contributed by atoms with Crippen molar-refractivity contribution in [3.8, 4) is 0 Å². The number of carbonyl (C=O) groups is 2. The van der Waals surface area contributed by atoms with Crippen LogP contribution in [0.25, 0.3) is 0 Å². The van der Waals surface area contributed by atoms with Crippen LogP contribution in [0.4, 0.5) is 0 Å². The first-order valence-electron chi connectivity index (χ1n) is 6.85. The fourth-order valence-electron chi connectivity index (χ4n) is 2.59. The standard InChI is InChI=1S/C13H25N3O2/c1-2-3-11(9-14)13(18)16-6-4-10(5-7-16)8-12(15)17/h10-11H,2-9,14H2,1H3,(H2,15,17). The van der Waals surface area contributed by atoms with Crippen LogP contribution in [0.2, 0.25) is 0 Å². The summed E-state index contributed by atoms with van der Waals surface area (Å²) in [5.41, 5.74) is 10.8. The Balaban J connectivity index is 2.41. The molecule has 0 aromatic heterocycles.